The molecule has 3 N–H and O–H groups in total. The molecule has 7 nitrogen and oxygen atoms in total. The van der Waals surface area contributed by atoms with Crippen LogP contribution in [0.2, 0.25) is 5.02 Å². The summed E-state index contributed by atoms with van der Waals surface area (Å²) in [6, 6.07) is 7.79. The van der Waals surface area contributed by atoms with E-state index >= 15 is 0 Å². The zero-order valence-corrected chi connectivity index (χ0v) is 12.2. The van der Waals surface area contributed by atoms with Crippen LogP contribution in [0.25, 0.3) is 10.9 Å². The maximum absolute atomic E-state index is 9.41. The standard InChI is InChI=1S/C14H13ClN6O/c15-11-13(16-7-17-14(11)21-5-8(22)6-21)18-12-9-3-1-2-4-10(9)19-20-12/h1-4,7-8,22H,5-6H2,(H2,16,17,18,19,20). The molecular weight excluding hydrogens is 304 g/mol. The van der Waals surface area contributed by atoms with Crippen molar-refractivity contribution in [3.8, 4) is 0 Å². The number of hydrogen-bond donors (Lipinski definition) is 3. The average Bonchev–Trinajstić information content (AvgIpc) is 2.90. The molecule has 0 spiro atoms. The first-order chi connectivity index (χ1) is 10.7. The van der Waals surface area contributed by atoms with Crippen molar-refractivity contribution in [3.63, 3.8) is 0 Å². The number of aliphatic hydroxyl groups excluding tert-OH is 1. The van der Waals surface area contributed by atoms with E-state index in [9.17, 15) is 5.11 Å². The zero-order chi connectivity index (χ0) is 15.1. The molecule has 22 heavy (non-hydrogen) atoms. The van der Waals surface area contributed by atoms with Crippen LogP contribution in [0.3, 0.4) is 0 Å². The van der Waals surface area contributed by atoms with Gasteiger partial charge in [-0.05, 0) is 12.1 Å². The molecule has 0 aliphatic carbocycles. The number of nitrogens with one attached hydrogen (secondary N) is 2. The molecule has 1 aliphatic heterocycles. The van der Waals surface area contributed by atoms with Gasteiger partial charge < -0.3 is 15.3 Å². The molecular formula is C14H13ClN6O. The average molecular weight is 317 g/mol. The maximum Gasteiger partial charge on any atom is 0.161 e. The van der Waals surface area contributed by atoms with Gasteiger partial charge in [0, 0.05) is 18.5 Å². The third-order valence-electron chi connectivity index (χ3n) is 3.64. The van der Waals surface area contributed by atoms with E-state index in [4.69, 9.17) is 11.6 Å². The topological polar surface area (TPSA) is 90.0 Å². The van der Waals surface area contributed by atoms with E-state index in [1.54, 1.807) is 0 Å². The molecule has 2 aromatic heterocycles. The largest absolute Gasteiger partial charge is 0.389 e. The van der Waals surface area contributed by atoms with Gasteiger partial charge in [-0.2, -0.15) is 5.10 Å². The fourth-order valence-electron chi connectivity index (χ4n) is 2.47. The van der Waals surface area contributed by atoms with Crippen LogP contribution in [-0.2, 0) is 0 Å². The lowest BCUT2D eigenvalue weighted by Crippen LogP contribution is -2.51. The quantitative estimate of drug-likeness (QED) is 0.684. The Morgan fingerprint density at radius 3 is 2.86 bits per heavy atom. The normalized spacial score (nSPS) is 15.1. The van der Waals surface area contributed by atoms with E-state index in [1.165, 1.54) is 6.33 Å². The number of benzene rings is 1. The summed E-state index contributed by atoms with van der Waals surface area (Å²) in [5, 5.41) is 21.1. The van der Waals surface area contributed by atoms with Crippen LogP contribution in [0.5, 0.6) is 0 Å². The predicted octanol–water partition coefficient (Wildman–Crippen LogP) is 1.93. The molecule has 4 rings (SSSR count). The fraction of sp³-hybridized carbons (Fsp3) is 0.214. The number of aromatic nitrogens is 4. The number of β-amino-alcohol motifs (C(OH)–C–C–N with tert-alkyl or cyclic N) is 1. The fourth-order valence-corrected chi connectivity index (χ4v) is 2.73. The van der Waals surface area contributed by atoms with Crippen molar-refractivity contribution in [1.29, 1.82) is 0 Å². The van der Waals surface area contributed by atoms with Crippen LogP contribution in [0.1, 0.15) is 0 Å². The minimum absolute atomic E-state index is 0.322. The first-order valence-corrected chi connectivity index (χ1v) is 7.24. The lowest BCUT2D eigenvalue weighted by Gasteiger charge is -2.37. The number of halogens is 1. The molecule has 1 saturated heterocycles. The van der Waals surface area contributed by atoms with E-state index in [0.29, 0.717) is 35.6 Å². The second kappa shape index (κ2) is 5.11. The minimum Gasteiger partial charge on any atom is -0.389 e. The highest BCUT2D eigenvalue weighted by Gasteiger charge is 2.28. The summed E-state index contributed by atoms with van der Waals surface area (Å²) in [5.41, 5.74) is 0.932. The summed E-state index contributed by atoms with van der Waals surface area (Å²) in [6.45, 7) is 1.06. The van der Waals surface area contributed by atoms with Gasteiger partial charge in [0.25, 0.3) is 0 Å². The van der Waals surface area contributed by atoms with E-state index in [2.05, 4.69) is 25.5 Å². The van der Waals surface area contributed by atoms with Gasteiger partial charge >= 0.3 is 0 Å². The number of anilines is 3. The number of fused-ring (bicyclic) bond motifs is 1. The summed E-state index contributed by atoms with van der Waals surface area (Å²) in [4.78, 5) is 10.3. The van der Waals surface area contributed by atoms with Crippen molar-refractivity contribution in [2.45, 2.75) is 6.10 Å². The Labute approximate surface area is 131 Å². The number of H-pyrrole nitrogens is 1. The van der Waals surface area contributed by atoms with Gasteiger partial charge in [-0.15, -0.1) is 0 Å². The number of hydrogen-bond acceptors (Lipinski definition) is 6. The summed E-state index contributed by atoms with van der Waals surface area (Å²) < 4.78 is 0. The number of nitrogens with zero attached hydrogens (tertiary/aromatic N) is 4. The van der Waals surface area contributed by atoms with Crippen LogP contribution in [0.4, 0.5) is 17.5 Å². The van der Waals surface area contributed by atoms with Gasteiger partial charge in [0.15, 0.2) is 17.5 Å². The van der Waals surface area contributed by atoms with E-state index < -0.39 is 0 Å². The van der Waals surface area contributed by atoms with Crippen LogP contribution in [-0.4, -0.2) is 44.5 Å². The molecule has 0 bridgehead atoms. The molecule has 1 aliphatic rings. The Hall–Kier alpha value is -2.38. The van der Waals surface area contributed by atoms with E-state index in [0.717, 1.165) is 10.9 Å². The molecule has 1 aromatic carbocycles. The van der Waals surface area contributed by atoms with Gasteiger partial charge in [-0.1, -0.05) is 23.7 Å². The van der Waals surface area contributed by atoms with E-state index in [-0.39, 0.29) is 6.10 Å². The number of para-hydroxylation sites is 1. The summed E-state index contributed by atoms with van der Waals surface area (Å²) in [7, 11) is 0. The highest BCUT2D eigenvalue weighted by molar-refractivity contribution is 6.35. The van der Waals surface area contributed by atoms with E-state index in [1.807, 2.05) is 29.2 Å². The first kappa shape index (κ1) is 13.3. The van der Waals surface area contributed by atoms with Crippen LogP contribution < -0.4 is 10.2 Å². The van der Waals surface area contributed by atoms with Crippen LogP contribution in [0, 0.1) is 0 Å². The van der Waals surface area contributed by atoms with Gasteiger partial charge in [0.1, 0.15) is 11.3 Å². The Morgan fingerprint density at radius 2 is 2.05 bits per heavy atom. The van der Waals surface area contributed by atoms with Crippen molar-refractivity contribution >= 4 is 40.0 Å². The maximum atomic E-state index is 9.41. The molecule has 0 saturated carbocycles. The Balaban J connectivity index is 1.67. The molecule has 0 unspecified atom stereocenters. The Kier molecular flexibility index (Phi) is 3.09. The second-order valence-corrected chi connectivity index (χ2v) is 5.54. The van der Waals surface area contributed by atoms with Crippen molar-refractivity contribution < 1.29 is 5.11 Å². The van der Waals surface area contributed by atoms with Crippen LogP contribution in [0.15, 0.2) is 30.6 Å². The lowest BCUT2D eigenvalue weighted by molar-refractivity contribution is 0.141. The second-order valence-electron chi connectivity index (χ2n) is 5.16. The third-order valence-corrected chi connectivity index (χ3v) is 3.99. The summed E-state index contributed by atoms with van der Waals surface area (Å²) >= 11 is 6.38. The predicted molar refractivity (Wildman–Crippen MR) is 84.6 cm³/mol. The molecule has 112 valence electrons. The molecule has 8 heteroatoms. The number of rotatable bonds is 3. The lowest BCUT2D eigenvalue weighted by atomic mass is 10.2. The molecule has 3 aromatic rings. The Morgan fingerprint density at radius 1 is 1.23 bits per heavy atom. The minimum atomic E-state index is -0.322. The van der Waals surface area contributed by atoms with Crippen LogP contribution >= 0.6 is 11.6 Å². The SMILES string of the molecule is OC1CN(c2ncnc(Nc3n[nH]c4ccccc34)c2Cl)C1. The molecule has 3 heterocycles. The Bertz CT molecular complexity index is 829. The molecule has 1 fully saturated rings. The highest BCUT2D eigenvalue weighted by atomic mass is 35.5. The van der Waals surface area contributed by atoms with Gasteiger partial charge in [-0.3, -0.25) is 5.10 Å². The first-order valence-electron chi connectivity index (χ1n) is 6.86. The van der Waals surface area contributed by atoms with Gasteiger partial charge in [0.2, 0.25) is 0 Å². The molecule has 0 amide bonds. The van der Waals surface area contributed by atoms with Crippen molar-refractivity contribution in [3.05, 3.63) is 35.6 Å². The van der Waals surface area contributed by atoms with Crippen molar-refractivity contribution in [2.24, 2.45) is 0 Å². The smallest absolute Gasteiger partial charge is 0.161 e. The van der Waals surface area contributed by atoms with Crippen molar-refractivity contribution in [1.82, 2.24) is 20.2 Å². The molecule has 0 atom stereocenters. The third kappa shape index (κ3) is 2.15. The summed E-state index contributed by atoms with van der Waals surface area (Å²) in [6.07, 6.45) is 1.13. The summed E-state index contributed by atoms with van der Waals surface area (Å²) in [5.74, 6) is 1.76. The van der Waals surface area contributed by atoms with Gasteiger partial charge in [0.05, 0.1) is 11.6 Å². The molecule has 0 radical (unpaired) electrons. The zero-order valence-electron chi connectivity index (χ0n) is 11.5. The van der Waals surface area contributed by atoms with Crippen molar-refractivity contribution in [2.75, 3.05) is 23.3 Å². The number of aliphatic hydroxyl groups is 1. The monoisotopic (exact) mass is 316 g/mol. The van der Waals surface area contributed by atoms with Gasteiger partial charge in [-0.25, -0.2) is 9.97 Å². The highest BCUT2D eigenvalue weighted by Crippen LogP contribution is 2.33. The number of aromatic amines is 1.